The number of nitrogens with two attached hydrogens (primary N) is 2. The van der Waals surface area contributed by atoms with E-state index < -0.39 is 36.4 Å². The Morgan fingerprint density at radius 1 is 1.50 bits per heavy atom. The first-order valence-corrected chi connectivity index (χ1v) is 4.72. The molecule has 0 fully saturated rings. The van der Waals surface area contributed by atoms with E-state index in [4.69, 9.17) is 21.7 Å². The number of halogens is 2. The van der Waals surface area contributed by atoms with Crippen molar-refractivity contribution in [2.45, 2.75) is 24.7 Å². The van der Waals surface area contributed by atoms with Crippen molar-refractivity contribution in [3.8, 4) is 0 Å². The maximum atomic E-state index is 13.3. The zero-order valence-corrected chi connectivity index (χ0v) is 8.49. The average Bonchev–Trinajstić information content (AvgIpc) is 2.41. The number of nitrogens with one attached hydrogen (secondary N) is 1. The zero-order chi connectivity index (χ0) is 12.3. The minimum Gasteiger partial charge on any atom is -0.504 e. The molecule has 0 saturated carbocycles. The quantitative estimate of drug-likeness (QED) is 0.392. The summed E-state index contributed by atoms with van der Waals surface area (Å²) >= 11 is 0. The molecule has 0 aromatic carbocycles. The van der Waals surface area contributed by atoms with Gasteiger partial charge in [-0.1, -0.05) is 0 Å². The molecule has 0 saturated heterocycles. The van der Waals surface area contributed by atoms with Gasteiger partial charge in [-0.15, -0.1) is 0 Å². The topological polar surface area (TPSA) is 114 Å². The highest BCUT2D eigenvalue weighted by atomic mass is 19.3. The molecule has 16 heavy (non-hydrogen) atoms. The van der Waals surface area contributed by atoms with Crippen LogP contribution < -0.4 is 16.8 Å². The zero-order valence-electron chi connectivity index (χ0n) is 8.49. The molecular weight excluding hydrogens is 224 g/mol. The van der Waals surface area contributed by atoms with Crippen molar-refractivity contribution >= 4 is 0 Å². The minimum absolute atomic E-state index is 0.115. The van der Waals surface area contributed by atoms with Gasteiger partial charge < -0.3 is 26.4 Å². The van der Waals surface area contributed by atoms with Gasteiger partial charge in [0.2, 0.25) is 12.0 Å². The molecule has 0 aliphatic carbocycles. The van der Waals surface area contributed by atoms with Crippen LogP contribution in [0.3, 0.4) is 0 Å². The lowest BCUT2D eigenvalue weighted by Gasteiger charge is -2.20. The summed E-state index contributed by atoms with van der Waals surface area (Å²) in [7, 11) is 0. The van der Waals surface area contributed by atoms with Gasteiger partial charge in [-0.25, -0.2) is 0 Å². The molecule has 0 amide bonds. The Morgan fingerprint density at radius 2 is 2.12 bits per heavy atom. The van der Waals surface area contributed by atoms with E-state index in [1.807, 2.05) is 0 Å². The van der Waals surface area contributed by atoms with E-state index in [0.717, 1.165) is 0 Å². The fraction of sp³-hybridized carbons (Fsp3) is 0.750. The lowest BCUT2D eigenvalue weighted by atomic mass is 10.2. The van der Waals surface area contributed by atoms with E-state index in [0.29, 0.717) is 0 Å². The van der Waals surface area contributed by atoms with E-state index in [1.54, 1.807) is 0 Å². The summed E-state index contributed by atoms with van der Waals surface area (Å²) in [6.07, 6.45) is -2.03. The van der Waals surface area contributed by atoms with Crippen LogP contribution in [-0.2, 0) is 4.74 Å². The molecule has 0 radical (unpaired) electrons. The Balaban J connectivity index is 2.53. The highest BCUT2D eigenvalue weighted by molar-refractivity contribution is 5.18. The molecule has 7 N–H and O–H groups in total. The summed E-state index contributed by atoms with van der Waals surface area (Å²) in [6.45, 7) is -0.667. The van der Waals surface area contributed by atoms with E-state index in [1.165, 1.54) is 0 Å². The number of ether oxygens (including phenoxy) is 1. The molecule has 1 atom stereocenters. The van der Waals surface area contributed by atoms with Crippen molar-refractivity contribution in [1.29, 1.82) is 0 Å². The van der Waals surface area contributed by atoms with Crippen molar-refractivity contribution in [2.75, 3.05) is 13.2 Å². The fourth-order valence-corrected chi connectivity index (χ4v) is 1.25. The third-order valence-electron chi connectivity index (χ3n) is 2.12. The molecule has 94 valence electrons. The first-order valence-electron chi connectivity index (χ1n) is 4.72. The Morgan fingerprint density at radius 3 is 2.56 bits per heavy atom. The van der Waals surface area contributed by atoms with Crippen molar-refractivity contribution in [1.82, 2.24) is 5.32 Å². The smallest absolute Gasteiger partial charge is 0.356 e. The number of aliphatic hydroxyl groups excluding tert-OH is 2. The van der Waals surface area contributed by atoms with E-state index in [9.17, 15) is 8.78 Å². The van der Waals surface area contributed by atoms with Gasteiger partial charge in [-0.2, -0.15) is 8.78 Å². The normalized spacial score (nSPS) is 24.0. The van der Waals surface area contributed by atoms with E-state index in [-0.39, 0.29) is 13.0 Å². The van der Waals surface area contributed by atoms with Crippen molar-refractivity contribution in [3.05, 3.63) is 11.5 Å². The fourth-order valence-electron chi connectivity index (χ4n) is 1.25. The van der Waals surface area contributed by atoms with Gasteiger partial charge in [-0.3, -0.25) is 5.32 Å². The monoisotopic (exact) mass is 239 g/mol. The Labute approximate surface area is 90.9 Å². The lowest BCUT2D eigenvalue weighted by molar-refractivity contribution is -0.0925. The van der Waals surface area contributed by atoms with Gasteiger partial charge in [-0.05, 0) is 6.42 Å². The maximum Gasteiger partial charge on any atom is 0.356 e. The molecule has 1 aliphatic rings. The lowest BCUT2D eigenvalue weighted by Crippen LogP contribution is -2.46. The predicted octanol–water partition coefficient (Wildman–Crippen LogP) is -1.04. The van der Waals surface area contributed by atoms with Crippen LogP contribution in [0.5, 0.6) is 0 Å². The molecular formula is C8H15F2N3O3. The molecule has 8 heteroatoms. The number of hydrogen-bond acceptors (Lipinski definition) is 6. The highest BCUT2D eigenvalue weighted by Gasteiger charge is 2.53. The molecule has 0 bridgehead atoms. The third-order valence-corrected chi connectivity index (χ3v) is 2.12. The number of rotatable bonds is 5. The number of alkyl halides is 2. The SMILES string of the molecule is NC(N)CCN[C@@H]1OC(CO)=C(O)C1(F)F. The number of hydrogen-bond donors (Lipinski definition) is 5. The van der Waals surface area contributed by atoms with Gasteiger partial charge in [0.05, 0.1) is 6.17 Å². The van der Waals surface area contributed by atoms with Crippen LogP contribution in [-0.4, -0.2) is 41.7 Å². The summed E-state index contributed by atoms with van der Waals surface area (Å²) in [5.74, 6) is -5.33. The summed E-state index contributed by atoms with van der Waals surface area (Å²) in [4.78, 5) is 0. The van der Waals surface area contributed by atoms with E-state index in [2.05, 4.69) is 10.1 Å². The van der Waals surface area contributed by atoms with Crippen molar-refractivity contribution < 1.29 is 23.7 Å². The van der Waals surface area contributed by atoms with Crippen LogP contribution in [0.4, 0.5) is 8.78 Å². The second kappa shape index (κ2) is 4.91. The van der Waals surface area contributed by atoms with Crippen LogP contribution in [0, 0.1) is 0 Å². The van der Waals surface area contributed by atoms with E-state index >= 15 is 0 Å². The van der Waals surface area contributed by atoms with Gasteiger partial charge in [0.15, 0.2) is 5.76 Å². The van der Waals surface area contributed by atoms with Crippen LogP contribution in [0.25, 0.3) is 0 Å². The largest absolute Gasteiger partial charge is 0.504 e. The first-order chi connectivity index (χ1) is 7.39. The molecule has 0 aromatic rings. The first kappa shape index (κ1) is 13.1. The minimum atomic E-state index is -3.56. The van der Waals surface area contributed by atoms with Gasteiger partial charge in [0, 0.05) is 6.54 Å². The van der Waals surface area contributed by atoms with Crippen LogP contribution in [0.15, 0.2) is 11.5 Å². The van der Waals surface area contributed by atoms with Crippen molar-refractivity contribution in [3.63, 3.8) is 0 Å². The summed E-state index contributed by atoms with van der Waals surface area (Å²) in [5, 5.41) is 20.1. The van der Waals surface area contributed by atoms with Crippen LogP contribution in [0.2, 0.25) is 0 Å². The summed E-state index contributed by atoms with van der Waals surface area (Å²) < 4.78 is 31.2. The molecule has 1 aliphatic heterocycles. The highest BCUT2D eigenvalue weighted by Crippen LogP contribution is 2.36. The molecule has 0 aromatic heterocycles. The maximum absolute atomic E-state index is 13.3. The predicted molar refractivity (Wildman–Crippen MR) is 51.3 cm³/mol. The third kappa shape index (κ3) is 2.59. The van der Waals surface area contributed by atoms with Gasteiger partial charge in [0.1, 0.15) is 6.61 Å². The van der Waals surface area contributed by atoms with Gasteiger partial charge in [0.25, 0.3) is 0 Å². The molecule has 1 rings (SSSR count). The summed E-state index contributed by atoms with van der Waals surface area (Å²) in [5.41, 5.74) is 10.5. The Bertz CT molecular complexity index is 284. The molecule has 0 spiro atoms. The average molecular weight is 239 g/mol. The molecule has 0 unspecified atom stereocenters. The second-order valence-corrected chi connectivity index (χ2v) is 3.46. The molecule has 6 nitrogen and oxygen atoms in total. The van der Waals surface area contributed by atoms with Crippen LogP contribution in [0.1, 0.15) is 6.42 Å². The summed E-state index contributed by atoms with van der Waals surface area (Å²) in [6, 6.07) is 0. The Hall–Kier alpha value is -0.960. The van der Waals surface area contributed by atoms with Gasteiger partial charge >= 0.3 is 5.92 Å². The number of aliphatic hydroxyl groups is 2. The van der Waals surface area contributed by atoms with Crippen LogP contribution >= 0.6 is 0 Å². The standard InChI is InChI=1S/C8H15F2N3O3/c9-8(10)6(15)4(3-14)16-7(8)13-2-1-5(11)12/h5,7,13-15H,1-3,11-12H2/t7-/m1/s1. The molecule has 1 heterocycles. The second-order valence-electron chi connectivity index (χ2n) is 3.46. The van der Waals surface area contributed by atoms with Crippen molar-refractivity contribution in [2.24, 2.45) is 11.5 Å². The Kier molecular flexibility index (Phi) is 4.03.